The number of halogens is 1. The van der Waals surface area contributed by atoms with Gasteiger partial charge in [-0.1, -0.05) is 6.92 Å². The SMILES string of the molecule is CCC1CN(C(=O)CC(C)N)CCS1.Cl. The lowest BCUT2D eigenvalue weighted by molar-refractivity contribution is -0.131. The molecule has 1 heterocycles. The summed E-state index contributed by atoms with van der Waals surface area (Å²) in [6, 6.07) is -0.0165. The van der Waals surface area contributed by atoms with E-state index in [1.807, 2.05) is 23.6 Å². The molecule has 0 aliphatic carbocycles. The summed E-state index contributed by atoms with van der Waals surface area (Å²) < 4.78 is 0. The summed E-state index contributed by atoms with van der Waals surface area (Å²) in [6.45, 7) is 5.87. The van der Waals surface area contributed by atoms with Crippen molar-refractivity contribution >= 4 is 30.1 Å². The zero-order valence-electron chi connectivity index (χ0n) is 9.44. The normalized spacial score (nSPS) is 23.1. The molecule has 2 N–H and O–H groups in total. The highest BCUT2D eigenvalue weighted by Crippen LogP contribution is 2.21. The average Bonchev–Trinajstić information content (AvgIpc) is 2.17. The van der Waals surface area contributed by atoms with Crippen LogP contribution in [0.2, 0.25) is 0 Å². The molecule has 0 aromatic heterocycles. The maximum absolute atomic E-state index is 11.7. The third-order valence-corrected chi connectivity index (χ3v) is 3.82. The van der Waals surface area contributed by atoms with Gasteiger partial charge in [-0.3, -0.25) is 4.79 Å². The van der Waals surface area contributed by atoms with Crippen molar-refractivity contribution < 1.29 is 4.79 Å². The fraction of sp³-hybridized carbons (Fsp3) is 0.900. The second-order valence-corrected chi connectivity index (χ2v) is 5.33. The zero-order valence-corrected chi connectivity index (χ0v) is 11.1. The summed E-state index contributed by atoms with van der Waals surface area (Å²) in [5.41, 5.74) is 5.61. The molecule has 1 amide bonds. The van der Waals surface area contributed by atoms with Crippen LogP contribution < -0.4 is 5.73 Å². The van der Waals surface area contributed by atoms with Crippen molar-refractivity contribution in [2.45, 2.75) is 38.0 Å². The molecule has 2 atom stereocenters. The molecule has 1 fully saturated rings. The van der Waals surface area contributed by atoms with Crippen molar-refractivity contribution in [3.8, 4) is 0 Å². The topological polar surface area (TPSA) is 46.3 Å². The number of carbonyl (C=O) groups excluding carboxylic acids is 1. The van der Waals surface area contributed by atoms with E-state index in [9.17, 15) is 4.79 Å². The molecule has 5 heteroatoms. The van der Waals surface area contributed by atoms with Gasteiger partial charge in [0, 0.05) is 36.6 Å². The minimum atomic E-state index is -0.0165. The van der Waals surface area contributed by atoms with Crippen LogP contribution in [0.5, 0.6) is 0 Å². The number of nitrogens with two attached hydrogens (primary N) is 1. The van der Waals surface area contributed by atoms with Gasteiger partial charge in [-0.25, -0.2) is 0 Å². The Kier molecular flexibility index (Phi) is 7.40. The van der Waals surface area contributed by atoms with E-state index < -0.39 is 0 Å². The predicted octanol–water partition coefficient (Wildman–Crippen LogP) is 1.50. The smallest absolute Gasteiger partial charge is 0.224 e. The van der Waals surface area contributed by atoms with Crippen LogP contribution in [0.15, 0.2) is 0 Å². The van der Waals surface area contributed by atoms with E-state index in [0.29, 0.717) is 11.7 Å². The molecular weight excluding hydrogens is 232 g/mol. The minimum absolute atomic E-state index is 0. The average molecular weight is 253 g/mol. The Morgan fingerprint density at radius 3 is 2.87 bits per heavy atom. The quantitative estimate of drug-likeness (QED) is 0.828. The van der Waals surface area contributed by atoms with Crippen molar-refractivity contribution in [3.05, 3.63) is 0 Å². The third kappa shape index (κ3) is 5.09. The van der Waals surface area contributed by atoms with Crippen LogP contribution in [0, 0.1) is 0 Å². The standard InChI is InChI=1S/C10H20N2OS.ClH/c1-3-9-7-12(4-5-14-9)10(13)6-8(2)11;/h8-9H,3-7,11H2,1-2H3;1H. The summed E-state index contributed by atoms with van der Waals surface area (Å²) in [6.07, 6.45) is 1.63. The maximum atomic E-state index is 11.7. The highest BCUT2D eigenvalue weighted by molar-refractivity contribution is 8.00. The molecule has 15 heavy (non-hydrogen) atoms. The first-order valence-electron chi connectivity index (χ1n) is 5.28. The van der Waals surface area contributed by atoms with Gasteiger partial charge in [-0.15, -0.1) is 12.4 Å². The minimum Gasteiger partial charge on any atom is -0.341 e. The van der Waals surface area contributed by atoms with Gasteiger partial charge in [0.15, 0.2) is 0 Å². The number of rotatable bonds is 3. The van der Waals surface area contributed by atoms with Gasteiger partial charge in [0.25, 0.3) is 0 Å². The van der Waals surface area contributed by atoms with E-state index in [1.165, 1.54) is 0 Å². The molecular formula is C10H21ClN2OS. The molecule has 0 aromatic carbocycles. The van der Waals surface area contributed by atoms with Crippen LogP contribution in [0.1, 0.15) is 26.7 Å². The molecule has 0 aromatic rings. The van der Waals surface area contributed by atoms with Crippen molar-refractivity contribution in [1.29, 1.82) is 0 Å². The number of hydrogen-bond donors (Lipinski definition) is 1. The fourth-order valence-corrected chi connectivity index (χ4v) is 2.78. The lowest BCUT2D eigenvalue weighted by atomic mass is 10.2. The molecule has 0 saturated carbocycles. The van der Waals surface area contributed by atoms with Crippen LogP contribution in [0.25, 0.3) is 0 Å². The van der Waals surface area contributed by atoms with E-state index >= 15 is 0 Å². The van der Waals surface area contributed by atoms with Gasteiger partial charge in [0.1, 0.15) is 0 Å². The molecule has 90 valence electrons. The Bertz CT molecular complexity index is 202. The van der Waals surface area contributed by atoms with Gasteiger partial charge in [0.05, 0.1) is 0 Å². The Hall–Kier alpha value is 0.0700. The Morgan fingerprint density at radius 2 is 2.33 bits per heavy atom. The fourth-order valence-electron chi connectivity index (χ4n) is 1.60. The summed E-state index contributed by atoms with van der Waals surface area (Å²) in [7, 11) is 0. The first-order valence-corrected chi connectivity index (χ1v) is 6.33. The predicted molar refractivity (Wildman–Crippen MR) is 68.6 cm³/mol. The highest BCUT2D eigenvalue weighted by Gasteiger charge is 2.22. The van der Waals surface area contributed by atoms with Crippen LogP contribution >= 0.6 is 24.2 Å². The summed E-state index contributed by atoms with van der Waals surface area (Å²) in [4.78, 5) is 13.7. The maximum Gasteiger partial charge on any atom is 0.224 e. The number of hydrogen-bond acceptors (Lipinski definition) is 3. The van der Waals surface area contributed by atoms with Gasteiger partial charge in [-0.2, -0.15) is 11.8 Å². The van der Waals surface area contributed by atoms with Crippen molar-refractivity contribution in [2.75, 3.05) is 18.8 Å². The lowest BCUT2D eigenvalue weighted by Crippen LogP contribution is -2.43. The number of carbonyl (C=O) groups is 1. The number of nitrogens with zero attached hydrogens (tertiary/aromatic N) is 1. The Labute approximate surface area is 103 Å². The van der Waals surface area contributed by atoms with Gasteiger partial charge < -0.3 is 10.6 Å². The van der Waals surface area contributed by atoms with Crippen LogP contribution in [0.3, 0.4) is 0 Å². The molecule has 1 aliphatic rings. The zero-order chi connectivity index (χ0) is 10.6. The molecule has 1 saturated heterocycles. The van der Waals surface area contributed by atoms with E-state index in [1.54, 1.807) is 0 Å². The lowest BCUT2D eigenvalue weighted by Gasteiger charge is -2.32. The van der Waals surface area contributed by atoms with E-state index in [0.717, 1.165) is 25.3 Å². The van der Waals surface area contributed by atoms with E-state index in [-0.39, 0.29) is 24.4 Å². The molecule has 2 unspecified atom stereocenters. The largest absolute Gasteiger partial charge is 0.341 e. The van der Waals surface area contributed by atoms with Crippen molar-refractivity contribution in [1.82, 2.24) is 4.90 Å². The van der Waals surface area contributed by atoms with Gasteiger partial charge >= 0.3 is 0 Å². The number of amides is 1. The van der Waals surface area contributed by atoms with Crippen molar-refractivity contribution in [3.63, 3.8) is 0 Å². The third-order valence-electron chi connectivity index (χ3n) is 2.44. The van der Waals surface area contributed by atoms with Crippen molar-refractivity contribution in [2.24, 2.45) is 5.73 Å². The molecule has 0 radical (unpaired) electrons. The Morgan fingerprint density at radius 1 is 1.67 bits per heavy atom. The second-order valence-electron chi connectivity index (χ2n) is 3.92. The molecule has 0 spiro atoms. The van der Waals surface area contributed by atoms with Gasteiger partial charge in [-0.05, 0) is 13.3 Å². The Balaban J connectivity index is 0.00000196. The molecule has 0 bridgehead atoms. The first kappa shape index (κ1) is 15.1. The van der Waals surface area contributed by atoms with Crippen LogP contribution in [-0.4, -0.2) is 40.9 Å². The summed E-state index contributed by atoms with van der Waals surface area (Å²) >= 11 is 1.98. The highest BCUT2D eigenvalue weighted by atomic mass is 35.5. The summed E-state index contributed by atoms with van der Waals surface area (Å²) in [5, 5.41) is 0.626. The molecule has 3 nitrogen and oxygen atoms in total. The summed E-state index contributed by atoms with van der Waals surface area (Å²) in [5.74, 6) is 1.29. The van der Waals surface area contributed by atoms with Crippen LogP contribution in [0.4, 0.5) is 0 Å². The van der Waals surface area contributed by atoms with E-state index in [4.69, 9.17) is 5.73 Å². The monoisotopic (exact) mass is 252 g/mol. The second kappa shape index (κ2) is 7.36. The van der Waals surface area contributed by atoms with E-state index in [2.05, 4.69) is 6.92 Å². The van der Waals surface area contributed by atoms with Crippen LogP contribution in [-0.2, 0) is 4.79 Å². The first-order chi connectivity index (χ1) is 6.63. The van der Waals surface area contributed by atoms with Gasteiger partial charge in [0.2, 0.25) is 5.91 Å². The molecule has 1 aliphatic heterocycles. The number of thioether (sulfide) groups is 1. The molecule has 1 rings (SSSR count).